The average molecular weight is 258 g/mol. The Labute approximate surface area is 114 Å². The van der Waals surface area contributed by atoms with Crippen LogP contribution in [0.15, 0.2) is 24.5 Å². The lowest BCUT2D eigenvalue weighted by Crippen LogP contribution is -2.43. The number of nitrogens with zero attached hydrogens (tertiary/aromatic N) is 3. The van der Waals surface area contributed by atoms with Crippen molar-refractivity contribution in [2.75, 3.05) is 31.6 Å². The molecule has 0 atom stereocenters. The summed E-state index contributed by atoms with van der Waals surface area (Å²) in [5.74, 6) is 0. The van der Waals surface area contributed by atoms with Crippen molar-refractivity contribution in [1.29, 1.82) is 0 Å². The number of imidazole rings is 1. The Kier molecular flexibility index (Phi) is 3.42. The molecule has 4 heteroatoms. The third-order valence-electron chi connectivity index (χ3n) is 4.36. The molecule has 1 aromatic heterocycles. The molecule has 0 spiro atoms. The molecule has 0 radical (unpaired) electrons. The van der Waals surface area contributed by atoms with Crippen LogP contribution in [0, 0.1) is 0 Å². The summed E-state index contributed by atoms with van der Waals surface area (Å²) >= 11 is 0. The number of anilines is 1. The maximum atomic E-state index is 4.27. The first-order valence-corrected chi connectivity index (χ1v) is 7.16. The fraction of sp³-hybridized carbons (Fsp3) is 0.533. The van der Waals surface area contributed by atoms with E-state index < -0.39 is 0 Å². The standard InChI is InChI=1S/C15H22N4/c1-3-19-8-6-12(7-9-19)18(2)13-4-5-14-15(10-13)17-11-16-14/h4-5,10-12H,3,6-9H2,1-2H3,(H,16,17). The molecule has 1 fully saturated rings. The maximum Gasteiger partial charge on any atom is 0.0931 e. The highest BCUT2D eigenvalue weighted by atomic mass is 15.2. The molecule has 0 bridgehead atoms. The van der Waals surface area contributed by atoms with E-state index in [1.165, 1.54) is 38.2 Å². The van der Waals surface area contributed by atoms with Gasteiger partial charge in [-0.2, -0.15) is 0 Å². The first kappa shape index (κ1) is 12.5. The van der Waals surface area contributed by atoms with Crippen molar-refractivity contribution in [1.82, 2.24) is 14.9 Å². The number of piperidine rings is 1. The lowest BCUT2D eigenvalue weighted by atomic mass is 10.0. The van der Waals surface area contributed by atoms with Crippen LogP contribution < -0.4 is 4.90 Å². The van der Waals surface area contributed by atoms with Gasteiger partial charge >= 0.3 is 0 Å². The molecule has 19 heavy (non-hydrogen) atoms. The van der Waals surface area contributed by atoms with Crippen molar-refractivity contribution < 1.29 is 0 Å². The van der Waals surface area contributed by atoms with Gasteiger partial charge in [0, 0.05) is 31.9 Å². The number of aromatic amines is 1. The number of hydrogen-bond acceptors (Lipinski definition) is 3. The predicted molar refractivity (Wildman–Crippen MR) is 79.6 cm³/mol. The van der Waals surface area contributed by atoms with E-state index in [1.807, 2.05) is 0 Å². The van der Waals surface area contributed by atoms with Crippen molar-refractivity contribution >= 4 is 16.7 Å². The van der Waals surface area contributed by atoms with Crippen LogP contribution in [0.1, 0.15) is 19.8 Å². The molecule has 1 N–H and O–H groups in total. The lowest BCUT2D eigenvalue weighted by molar-refractivity contribution is 0.221. The molecular formula is C15H22N4. The summed E-state index contributed by atoms with van der Waals surface area (Å²) in [6.45, 7) is 5.86. The number of nitrogens with one attached hydrogen (secondary N) is 1. The van der Waals surface area contributed by atoms with Gasteiger partial charge in [-0.05, 0) is 37.6 Å². The largest absolute Gasteiger partial charge is 0.371 e. The highest BCUT2D eigenvalue weighted by molar-refractivity contribution is 5.79. The van der Waals surface area contributed by atoms with Gasteiger partial charge < -0.3 is 14.8 Å². The minimum Gasteiger partial charge on any atom is -0.371 e. The second kappa shape index (κ2) is 5.21. The second-order valence-electron chi connectivity index (χ2n) is 5.38. The number of aromatic nitrogens is 2. The van der Waals surface area contributed by atoms with E-state index in [9.17, 15) is 0 Å². The summed E-state index contributed by atoms with van der Waals surface area (Å²) in [5, 5.41) is 0. The fourth-order valence-electron chi connectivity index (χ4n) is 2.98. The molecule has 1 aliphatic heterocycles. The van der Waals surface area contributed by atoms with Crippen molar-refractivity contribution in [3.8, 4) is 0 Å². The second-order valence-corrected chi connectivity index (χ2v) is 5.38. The highest BCUT2D eigenvalue weighted by Gasteiger charge is 2.21. The molecule has 0 saturated carbocycles. The Bertz CT molecular complexity index is 540. The maximum absolute atomic E-state index is 4.27. The van der Waals surface area contributed by atoms with E-state index in [4.69, 9.17) is 0 Å². The Morgan fingerprint density at radius 1 is 1.37 bits per heavy atom. The number of rotatable bonds is 3. The molecular weight excluding hydrogens is 236 g/mol. The van der Waals surface area contributed by atoms with Gasteiger partial charge in [-0.3, -0.25) is 0 Å². The van der Waals surface area contributed by atoms with Crippen LogP contribution in [0.5, 0.6) is 0 Å². The Morgan fingerprint density at radius 3 is 2.89 bits per heavy atom. The third kappa shape index (κ3) is 2.45. The molecule has 0 amide bonds. The van der Waals surface area contributed by atoms with Gasteiger partial charge in [-0.25, -0.2) is 4.98 Å². The smallest absolute Gasteiger partial charge is 0.0931 e. The van der Waals surface area contributed by atoms with Crippen LogP contribution in [0.2, 0.25) is 0 Å². The van der Waals surface area contributed by atoms with E-state index in [0.717, 1.165) is 11.0 Å². The van der Waals surface area contributed by atoms with Crippen molar-refractivity contribution in [3.05, 3.63) is 24.5 Å². The van der Waals surface area contributed by atoms with Crippen molar-refractivity contribution in [2.24, 2.45) is 0 Å². The van der Waals surface area contributed by atoms with Gasteiger partial charge in [0.25, 0.3) is 0 Å². The summed E-state index contributed by atoms with van der Waals surface area (Å²) in [6.07, 6.45) is 4.27. The quantitative estimate of drug-likeness (QED) is 0.918. The zero-order chi connectivity index (χ0) is 13.2. The zero-order valence-corrected chi connectivity index (χ0v) is 11.8. The lowest BCUT2D eigenvalue weighted by Gasteiger charge is -2.37. The van der Waals surface area contributed by atoms with E-state index in [2.05, 4.69) is 51.9 Å². The summed E-state index contributed by atoms with van der Waals surface area (Å²) in [7, 11) is 2.21. The average Bonchev–Trinajstić information content (AvgIpc) is 2.94. The third-order valence-corrected chi connectivity index (χ3v) is 4.36. The number of fused-ring (bicyclic) bond motifs is 1. The van der Waals surface area contributed by atoms with E-state index in [1.54, 1.807) is 6.33 Å². The summed E-state index contributed by atoms with van der Waals surface area (Å²) < 4.78 is 0. The predicted octanol–water partition coefficient (Wildman–Crippen LogP) is 2.48. The van der Waals surface area contributed by atoms with Gasteiger partial charge in [0.05, 0.1) is 17.4 Å². The summed E-state index contributed by atoms with van der Waals surface area (Å²) in [4.78, 5) is 12.4. The normalized spacial score (nSPS) is 18.0. The number of H-pyrrole nitrogens is 1. The van der Waals surface area contributed by atoms with Crippen LogP contribution in [-0.4, -0.2) is 47.6 Å². The van der Waals surface area contributed by atoms with Crippen LogP contribution in [0.25, 0.3) is 11.0 Å². The Balaban J connectivity index is 1.74. The van der Waals surface area contributed by atoms with E-state index in [-0.39, 0.29) is 0 Å². The number of likely N-dealkylation sites (tertiary alicyclic amines) is 1. The molecule has 1 saturated heterocycles. The first-order valence-electron chi connectivity index (χ1n) is 7.16. The first-order chi connectivity index (χ1) is 9.28. The number of hydrogen-bond donors (Lipinski definition) is 1. The van der Waals surface area contributed by atoms with Gasteiger partial charge in [0.2, 0.25) is 0 Å². The topological polar surface area (TPSA) is 35.2 Å². The number of benzene rings is 1. The van der Waals surface area contributed by atoms with Crippen LogP contribution in [0.3, 0.4) is 0 Å². The Hall–Kier alpha value is -1.55. The van der Waals surface area contributed by atoms with Crippen molar-refractivity contribution in [3.63, 3.8) is 0 Å². The van der Waals surface area contributed by atoms with E-state index in [0.29, 0.717) is 6.04 Å². The molecule has 1 aliphatic rings. The zero-order valence-electron chi connectivity index (χ0n) is 11.8. The molecule has 2 aromatic rings. The Morgan fingerprint density at radius 2 is 2.16 bits per heavy atom. The molecule has 1 aromatic carbocycles. The van der Waals surface area contributed by atoms with Crippen LogP contribution in [-0.2, 0) is 0 Å². The van der Waals surface area contributed by atoms with Crippen LogP contribution in [0.4, 0.5) is 5.69 Å². The molecule has 0 aliphatic carbocycles. The minimum absolute atomic E-state index is 0.656. The van der Waals surface area contributed by atoms with Gasteiger partial charge in [-0.1, -0.05) is 6.92 Å². The summed E-state index contributed by atoms with van der Waals surface area (Å²) in [6, 6.07) is 7.13. The molecule has 3 rings (SSSR count). The summed E-state index contributed by atoms with van der Waals surface area (Å²) in [5.41, 5.74) is 3.44. The fourth-order valence-corrected chi connectivity index (χ4v) is 2.98. The molecule has 102 valence electrons. The van der Waals surface area contributed by atoms with Crippen molar-refractivity contribution in [2.45, 2.75) is 25.8 Å². The van der Waals surface area contributed by atoms with Crippen LogP contribution >= 0.6 is 0 Å². The SMILES string of the molecule is CCN1CCC(N(C)c2ccc3nc[nH]c3c2)CC1. The van der Waals surface area contributed by atoms with Gasteiger partial charge in [-0.15, -0.1) is 0 Å². The molecule has 4 nitrogen and oxygen atoms in total. The molecule has 0 unspecified atom stereocenters. The van der Waals surface area contributed by atoms with Gasteiger partial charge in [0.15, 0.2) is 0 Å². The van der Waals surface area contributed by atoms with Gasteiger partial charge in [0.1, 0.15) is 0 Å². The minimum atomic E-state index is 0.656. The highest BCUT2D eigenvalue weighted by Crippen LogP contribution is 2.24. The molecule has 2 heterocycles. The van der Waals surface area contributed by atoms with E-state index >= 15 is 0 Å². The monoisotopic (exact) mass is 258 g/mol.